The average Bonchev–Trinajstić information content (AvgIpc) is 2.65. The van der Waals surface area contributed by atoms with Gasteiger partial charge >= 0.3 is 0 Å². The topological polar surface area (TPSA) is 0 Å². The maximum atomic E-state index is 2.43. The van der Waals surface area contributed by atoms with Gasteiger partial charge < -0.3 is 0 Å². The molecule has 0 heterocycles. The number of unbranched alkanes of at least 4 members (excludes halogenated alkanes) is 14. The van der Waals surface area contributed by atoms with Crippen LogP contribution in [0.4, 0.5) is 0 Å². The van der Waals surface area contributed by atoms with Crippen LogP contribution in [0.3, 0.4) is 0 Å². The summed E-state index contributed by atoms with van der Waals surface area (Å²) in [5, 5.41) is 0. The van der Waals surface area contributed by atoms with Gasteiger partial charge in [-0.05, 0) is 23.8 Å². The number of hydrogen-bond acceptors (Lipinski definition) is 0. The van der Waals surface area contributed by atoms with Gasteiger partial charge in [0.15, 0.2) is 0 Å². The van der Waals surface area contributed by atoms with Crippen LogP contribution in [0.2, 0.25) is 0 Å². The largest absolute Gasteiger partial charge is 0.0654 e. The minimum Gasteiger partial charge on any atom is -0.0654 e. The molecule has 0 unspecified atom stereocenters. The van der Waals surface area contributed by atoms with Crippen LogP contribution in [0.15, 0.2) is 30.3 Å². The van der Waals surface area contributed by atoms with Crippen molar-refractivity contribution >= 4 is 0 Å². The van der Waals surface area contributed by atoms with Gasteiger partial charge in [0.05, 0.1) is 0 Å². The lowest BCUT2D eigenvalue weighted by Gasteiger charge is -2.24. The van der Waals surface area contributed by atoms with Crippen LogP contribution >= 0.6 is 0 Å². The zero-order valence-corrected chi connectivity index (χ0v) is 18.9. The summed E-state index contributed by atoms with van der Waals surface area (Å²) in [6, 6.07) is 11.0. The quantitative estimate of drug-likeness (QED) is 0.225. The summed E-state index contributed by atoms with van der Waals surface area (Å²) >= 11 is 0. The van der Waals surface area contributed by atoms with Gasteiger partial charge in [-0.3, -0.25) is 0 Å². The van der Waals surface area contributed by atoms with Crippen LogP contribution in [-0.2, 0) is 6.42 Å². The monoisotopic (exact) mass is 372 g/mol. The minimum atomic E-state index is 0.442. The van der Waals surface area contributed by atoms with Gasteiger partial charge in [0.1, 0.15) is 0 Å². The van der Waals surface area contributed by atoms with E-state index in [9.17, 15) is 0 Å². The summed E-state index contributed by atoms with van der Waals surface area (Å²) in [5.74, 6) is 0. The van der Waals surface area contributed by atoms with Crippen molar-refractivity contribution in [1.82, 2.24) is 0 Å². The van der Waals surface area contributed by atoms with Crippen LogP contribution in [0.1, 0.15) is 129 Å². The molecule has 0 saturated carbocycles. The van der Waals surface area contributed by atoms with Gasteiger partial charge in [0.2, 0.25) is 0 Å². The number of hydrogen-bond donors (Lipinski definition) is 0. The lowest BCUT2D eigenvalue weighted by molar-refractivity contribution is 0.316. The molecule has 0 fully saturated rings. The molecule has 0 bridgehead atoms. The Bertz CT molecular complexity index is 417. The highest BCUT2D eigenvalue weighted by Gasteiger charge is 2.17. The van der Waals surface area contributed by atoms with Crippen molar-refractivity contribution in [1.29, 1.82) is 0 Å². The summed E-state index contributed by atoms with van der Waals surface area (Å²) < 4.78 is 0. The predicted molar refractivity (Wildman–Crippen MR) is 123 cm³/mol. The SMILES string of the molecule is CCCCCCCCCCCCCCCCCC(C)(C)Cc1ccccc1. The first kappa shape index (κ1) is 24.3. The third-order valence-electron chi connectivity index (χ3n) is 5.98. The molecule has 0 aliphatic heterocycles. The Kier molecular flexibility index (Phi) is 14.6. The van der Waals surface area contributed by atoms with E-state index >= 15 is 0 Å². The third-order valence-corrected chi connectivity index (χ3v) is 5.98. The molecular weight excluding hydrogens is 324 g/mol. The highest BCUT2D eigenvalue weighted by molar-refractivity contribution is 5.16. The summed E-state index contributed by atoms with van der Waals surface area (Å²) in [6.45, 7) is 7.17. The molecule has 27 heavy (non-hydrogen) atoms. The molecule has 0 saturated heterocycles. The van der Waals surface area contributed by atoms with Crippen LogP contribution in [-0.4, -0.2) is 0 Å². The van der Waals surface area contributed by atoms with E-state index in [4.69, 9.17) is 0 Å². The van der Waals surface area contributed by atoms with Crippen LogP contribution < -0.4 is 0 Å². The highest BCUT2D eigenvalue weighted by atomic mass is 14.2. The average molecular weight is 373 g/mol. The Morgan fingerprint density at radius 1 is 0.556 bits per heavy atom. The standard InChI is InChI=1S/C27H48/c1-4-5-6-7-8-9-10-11-12-13-14-15-16-17-21-24-27(2,3)25-26-22-19-18-20-23-26/h18-20,22-23H,4-17,21,24-25H2,1-3H3. The molecule has 0 aliphatic rings. The van der Waals surface area contributed by atoms with Crippen molar-refractivity contribution in [2.75, 3.05) is 0 Å². The van der Waals surface area contributed by atoms with Crippen molar-refractivity contribution in [3.05, 3.63) is 35.9 Å². The van der Waals surface area contributed by atoms with Crippen LogP contribution in [0.5, 0.6) is 0 Å². The van der Waals surface area contributed by atoms with Crippen molar-refractivity contribution in [2.45, 2.75) is 130 Å². The summed E-state index contributed by atoms with van der Waals surface area (Å²) in [7, 11) is 0. The maximum absolute atomic E-state index is 2.43. The minimum absolute atomic E-state index is 0.442. The fraction of sp³-hybridized carbons (Fsp3) is 0.778. The third kappa shape index (κ3) is 14.9. The Labute approximate surface area is 171 Å². The second-order valence-corrected chi connectivity index (χ2v) is 9.53. The molecule has 1 aromatic carbocycles. The van der Waals surface area contributed by atoms with Crippen LogP contribution in [0, 0.1) is 5.41 Å². The zero-order chi connectivity index (χ0) is 19.6. The summed E-state index contributed by atoms with van der Waals surface area (Å²) in [6.07, 6.45) is 24.3. The van der Waals surface area contributed by atoms with E-state index in [-0.39, 0.29) is 0 Å². The first-order valence-electron chi connectivity index (χ1n) is 12.2. The molecule has 0 amide bonds. The molecule has 0 aliphatic carbocycles. The van der Waals surface area contributed by atoms with Crippen molar-refractivity contribution in [3.63, 3.8) is 0 Å². The van der Waals surface area contributed by atoms with Gasteiger partial charge in [0.25, 0.3) is 0 Å². The molecule has 1 aromatic rings. The lowest BCUT2D eigenvalue weighted by atomic mass is 9.81. The van der Waals surface area contributed by atoms with E-state index in [1.54, 1.807) is 0 Å². The maximum Gasteiger partial charge on any atom is -0.0227 e. The second-order valence-electron chi connectivity index (χ2n) is 9.53. The van der Waals surface area contributed by atoms with Crippen molar-refractivity contribution in [3.8, 4) is 0 Å². The van der Waals surface area contributed by atoms with E-state index in [0.717, 1.165) is 0 Å². The molecule has 0 nitrogen and oxygen atoms in total. The van der Waals surface area contributed by atoms with Crippen LogP contribution in [0.25, 0.3) is 0 Å². The smallest absolute Gasteiger partial charge is 0.0227 e. The van der Waals surface area contributed by atoms with Crippen molar-refractivity contribution in [2.24, 2.45) is 5.41 Å². The van der Waals surface area contributed by atoms with Gasteiger partial charge in [-0.1, -0.05) is 147 Å². The molecule has 0 atom stereocenters. The van der Waals surface area contributed by atoms with E-state index in [0.29, 0.717) is 5.41 Å². The normalized spacial score (nSPS) is 11.8. The van der Waals surface area contributed by atoms with E-state index in [1.807, 2.05) is 0 Å². The van der Waals surface area contributed by atoms with Gasteiger partial charge in [-0.2, -0.15) is 0 Å². The molecule has 0 heteroatoms. The molecule has 0 radical (unpaired) electrons. The van der Waals surface area contributed by atoms with E-state index in [1.165, 1.54) is 115 Å². The first-order chi connectivity index (χ1) is 13.1. The fourth-order valence-corrected chi connectivity index (χ4v) is 4.21. The fourth-order valence-electron chi connectivity index (χ4n) is 4.21. The second kappa shape index (κ2) is 16.2. The van der Waals surface area contributed by atoms with Gasteiger partial charge in [-0.15, -0.1) is 0 Å². The Balaban J connectivity index is 1.85. The van der Waals surface area contributed by atoms with E-state index in [2.05, 4.69) is 51.1 Å². The summed E-state index contributed by atoms with van der Waals surface area (Å²) in [4.78, 5) is 0. The molecular formula is C27H48. The highest BCUT2D eigenvalue weighted by Crippen LogP contribution is 2.28. The predicted octanol–water partition coefficient (Wildman–Crippen LogP) is 9.52. The Hall–Kier alpha value is -0.780. The Morgan fingerprint density at radius 2 is 0.963 bits per heavy atom. The Morgan fingerprint density at radius 3 is 1.41 bits per heavy atom. The van der Waals surface area contributed by atoms with Crippen molar-refractivity contribution < 1.29 is 0 Å². The molecule has 0 aromatic heterocycles. The molecule has 1 rings (SSSR count). The zero-order valence-electron chi connectivity index (χ0n) is 18.9. The molecule has 0 N–H and O–H groups in total. The summed E-state index contributed by atoms with van der Waals surface area (Å²) in [5.41, 5.74) is 1.93. The van der Waals surface area contributed by atoms with Gasteiger partial charge in [-0.25, -0.2) is 0 Å². The molecule has 0 spiro atoms. The van der Waals surface area contributed by atoms with Gasteiger partial charge in [0, 0.05) is 0 Å². The number of rotatable bonds is 18. The lowest BCUT2D eigenvalue weighted by Crippen LogP contribution is -2.14. The molecule has 156 valence electrons. The first-order valence-corrected chi connectivity index (χ1v) is 12.2. The number of benzene rings is 1. The van der Waals surface area contributed by atoms with E-state index < -0.39 is 0 Å².